The van der Waals surface area contributed by atoms with E-state index in [9.17, 15) is 4.79 Å². The van der Waals surface area contributed by atoms with Crippen LogP contribution in [0.2, 0.25) is 0 Å². The van der Waals surface area contributed by atoms with Gasteiger partial charge < -0.3 is 11.1 Å². The molecule has 1 aromatic rings. The van der Waals surface area contributed by atoms with Crippen molar-refractivity contribution in [1.29, 1.82) is 0 Å². The van der Waals surface area contributed by atoms with Crippen molar-refractivity contribution in [2.24, 2.45) is 11.1 Å². The van der Waals surface area contributed by atoms with E-state index in [2.05, 4.69) is 19.2 Å². The first-order valence-corrected chi connectivity index (χ1v) is 7.84. The van der Waals surface area contributed by atoms with E-state index in [0.717, 1.165) is 17.9 Å². The highest BCUT2D eigenvalue weighted by Crippen LogP contribution is 2.34. The monoisotopic (exact) mass is 278 g/mol. The highest BCUT2D eigenvalue weighted by atomic mass is 32.2. The number of carbonyl (C=O) groups excluding carboxylic acids is 1. The lowest BCUT2D eigenvalue weighted by atomic mass is 9.82. The van der Waals surface area contributed by atoms with Gasteiger partial charge in [0.15, 0.2) is 0 Å². The van der Waals surface area contributed by atoms with E-state index in [1.165, 1.54) is 12.2 Å². The molecule has 3 N–H and O–H groups in total. The maximum absolute atomic E-state index is 11.2. The fraction of sp³-hybridized carbons (Fsp3) is 0.533. The van der Waals surface area contributed by atoms with Gasteiger partial charge in [-0.05, 0) is 35.3 Å². The number of hydrogen-bond donors (Lipinski definition) is 2. The van der Waals surface area contributed by atoms with Gasteiger partial charge in [-0.25, -0.2) is 0 Å². The molecule has 104 valence electrons. The molecule has 1 amide bonds. The predicted octanol–water partition coefficient (Wildman–Crippen LogP) is 2.41. The van der Waals surface area contributed by atoms with Gasteiger partial charge in [-0.15, -0.1) is 0 Å². The Kier molecular flexibility index (Phi) is 4.53. The molecule has 1 aliphatic rings. The molecule has 1 aliphatic heterocycles. The Hall–Kier alpha value is -1.00. The van der Waals surface area contributed by atoms with E-state index in [4.69, 9.17) is 5.73 Å². The van der Waals surface area contributed by atoms with Crippen LogP contribution >= 0.6 is 11.8 Å². The molecule has 1 unspecified atom stereocenters. The Morgan fingerprint density at radius 2 is 2.32 bits per heavy atom. The summed E-state index contributed by atoms with van der Waals surface area (Å²) < 4.78 is 0. The third kappa shape index (κ3) is 3.74. The maximum atomic E-state index is 11.2. The van der Waals surface area contributed by atoms with Crippen LogP contribution in [0.1, 0.15) is 36.2 Å². The molecule has 0 spiro atoms. The topological polar surface area (TPSA) is 55.1 Å². The Morgan fingerprint density at radius 3 is 3.00 bits per heavy atom. The van der Waals surface area contributed by atoms with Gasteiger partial charge in [0.05, 0.1) is 0 Å². The molecule has 19 heavy (non-hydrogen) atoms. The lowest BCUT2D eigenvalue weighted by Crippen LogP contribution is -2.46. The molecule has 1 saturated heterocycles. The Balaban J connectivity index is 1.98. The highest BCUT2D eigenvalue weighted by Gasteiger charge is 2.31. The Labute approximate surface area is 119 Å². The normalized spacial score (nSPS) is 22.1. The molecule has 0 radical (unpaired) electrons. The minimum atomic E-state index is -0.365. The van der Waals surface area contributed by atoms with Crippen molar-refractivity contribution >= 4 is 17.7 Å². The van der Waals surface area contributed by atoms with Crippen molar-refractivity contribution in [3.05, 3.63) is 35.4 Å². The summed E-state index contributed by atoms with van der Waals surface area (Å²) in [4.78, 5) is 11.2. The molecule has 1 heterocycles. The molecule has 0 saturated carbocycles. The van der Waals surface area contributed by atoms with E-state index in [0.29, 0.717) is 17.0 Å². The number of rotatable bonds is 4. The van der Waals surface area contributed by atoms with Crippen LogP contribution in [-0.4, -0.2) is 23.5 Å². The third-order valence-electron chi connectivity index (χ3n) is 3.88. The van der Waals surface area contributed by atoms with E-state index in [1.54, 1.807) is 6.07 Å². The van der Waals surface area contributed by atoms with E-state index in [1.807, 2.05) is 30.0 Å². The first kappa shape index (κ1) is 14.4. The highest BCUT2D eigenvalue weighted by molar-refractivity contribution is 7.99. The summed E-state index contributed by atoms with van der Waals surface area (Å²) >= 11 is 2.01. The minimum Gasteiger partial charge on any atom is -0.366 e. The molecular weight excluding hydrogens is 256 g/mol. The molecule has 3 nitrogen and oxygen atoms in total. The molecule has 0 bridgehead atoms. The lowest BCUT2D eigenvalue weighted by molar-refractivity contribution is 0.1000. The zero-order chi connectivity index (χ0) is 13.9. The van der Waals surface area contributed by atoms with Gasteiger partial charge in [-0.3, -0.25) is 4.79 Å². The summed E-state index contributed by atoms with van der Waals surface area (Å²) in [6, 6.07) is 8.06. The van der Waals surface area contributed by atoms with Gasteiger partial charge in [-0.1, -0.05) is 26.0 Å². The maximum Gasteiger partial charge on any atom is 0.248 e. The van der Waals surface area contributed by atoms with Crippen LogP contribution in [0.4, 0.5) is 0 Å². The Bertz CT molecular complexity index is 459. The van der Waals surface area contributed by atoms with Crippen molar-refractivity contribution in [3.63, 3.8) is 0 Å². The SMILES string of the molecule is CC1(C)CCSCC1NCc1cccc(C(N)=O)c1. The Morgan fingerprint density at radius 1 is 1.53 bits per heavy atom. The largest absolute Gasteiger partial charge is 0.366 e. The van der Waals surface area contributed by atoms with Crippen molar-refractivity contribution in [1.82, 2.24) is 5.32 Å². The van der Waals surface area contributed by atoms with Gasteiger partial charge in [0, 0.05) is 23.9 Å². The third-order valence-corrected chi connectivity index (χ3v) is 4.94. The summed E-state index contributed by atoms with van der Waals surface area (Å²) in [7, 11) is 0. The molecular formula is C15H22N2OS. The van der Waals surface area contributed by atoms with Crippen LogP contribution in [0.5, 0.6) is 0 Å². The molecule has 1 atom stereocenters. The average molecular weight is 278 g/mol. The number of amides is 1. The van der Waals surface area contributed by atoms with Gasteiger partial charge in [0.2, 0.25) is 5.91 Å². The quantitative estimate of drug-likeness (QED) is 0.889. The summed E-state index contributed by atoms with van der Waals surface area (Å²) in [6.07, 6.45) is 1.25. The molecule has 1 fully saturated rings. The van der Waals surface area contributed by atoms with E-state index < -0.39 is 0 Å². The fourth-order valence-corrected chi connectivity index (χ4v) is 3.99. The molecule has 0 aliphatic carbocycles. The zero-order valence-electron chi connectivity index (χ0n) is 11.6. The van der Waals surface area contributed by atoms with Gasteiger partial charge >= 0.3 is 0 Å². The van der Waals surface area contributed by atoms with Crippen molar-refractivity contribution in [2.45, 2.75) is 32.9 Å². The molecule has 0 aromatic heterocycles. The standard InChI is InChI=1S/C15H22N2OS/c1-15(2)6-7-19-10-13(15)17-9-11-4-3-5-12(8-11)14(16)18/h3-5,8,13,17H,6-7,9-10H2,1-2H3,(H2,16,18). The van der Waals surface area contributed by atoms with Crippen molar-refractivity contribution in [3.8, 4) is 0 Å². The molecule has 1 aromatic carbocycles. The van der Waals surface area contributed by atoms with Crippen molar-refractivity contribution in [2.75, 3.05) is 11.5 Å². The van der Waals surface area contributed by atoms with Gasteiger partial charge in [0.1, 0.15) is 0 Å². The number of benzene rings is 1. The molecule has 4 heteroatoms. The van der Waals surface area contributed by atoms with E-state index in [-0.39, 0.29) is 5.91 Å². The van der Waals surface area contributed by atoms with Crippen LogP contribution in [0.25, 0.3) is 0 Å². The van der Waals surface area contributed by atoms with E-state index >= 15 is 0 Å². The number of nitrogens with one attached hydrogen (secondary N) is 1. The summed E-state index contributed by atoms with van der Waals surface area (Å²) in [5.41, 5.74) is 7.34. The van der Waals surface area contributed by atoms with Crippen LogP contribution in [0.15, 0.2) is 24.3 Å². The first-order chi connectivity index (χ1) is 8.99. The summed E-state index contributed by atoms with van der Waals surface area (Å²) in [5, 5.41) is 3.62. The molecule has 2 rings (SSSR count). The zero-order valence-corrected chi connectivity index (χ0v) is 12.4. The number of primary amides is 1. The lowest BCUT2D eigenvalue weighted by Gasteiger charge is -2.39. The first-order valence-electron chi connectivity index (χ1n) is 6.69. The van der Waals surface area contributed by atoms with Gasteiger partial charge in [0.25, 0.3) is 0 Å². The fourth-order valence-electron chi connectivity index (χ4n) is 2.35. The number of nitrogens with two attached hydrogens (primary N) is 1. The smallest absolute Gasteiger partial charge is 0.248 e. The van der Waals surface area contributed by atoms with Crippen molar-refractivity contribution < 1.29 is 4.79 Å². The second kappa shape index (κ2) is 5.97. The summed E-state index contributed by atoms with van der Waals surface area (Å²) in [6.45, 7) is 5.43. The van der Waals surface area contributed by atoms with Gasteiger partial charge in [-0.2, -0.15) is 11.8 Å². The van der Waals surface area contributed by atoms with Crippen LogP contribution in [0, 0.1) is 5.41 Å². The van der Waals surface area contributed by atoms with Crippen LogP contribution in [0.3, 0.4) is 0 Å². The average Bonchev–Trinajstić information content (AvgIpc) is 2.37. The number of carbonyl (C=O) groups is 1. The second-order valence-corrected chi connectivity index (χ2v) is 6.96. The van der Waals surface area contributed by atoms with Crippen LogP contribution < -0.4 is 11.1 Å². The number of thioether (sulfide) groups is 1. The predicted molar refractivity (Wildman–Crippen MR) is 81.3 cm³/mol. The second-order valence-electron chi connectivity index (χ2n) is 5.81. The minimum absolute atomic E-state index is 0.340. The number of hydrogen-bond acceptors (Lipinski definition) is 3. The van der Waals surface area contributed by atoms with Crippen LogP contribution in [-0.2, 0) is 6.54 Å². The summed E-state index contributed by atoms with van der Waals surface area (Å²) in [5.74, 6) is 2.04.